The molecule has 1 aromatic rings. The maximum Gasteiger partial charge on any atom is 0.323 e. The molecule has 0 aromatic heterocycles. The van der Waals surface area contributed by atoms with E-state index in [1.54, 1.807) is 0 Å². The monoisotopic (exact) mass is 247 g/mol. The van der Waals surface area contributed by atoms with Crippen molar-refractivity contribution in [1.29, 1.82) is 0 Å². The van der Waals surface area contributed by atoms with Crippen LogP contribution in [0.3, 0.4) is 0 Å². The second-order valence-electron chi connectivity index (χ2n) is 4.75. The second kappa shape index (κ2) is 6.01. The van der Waals surface area contributed by atoms with E-state index in [-0.39, 0.29) is 12.0 Å². The molecule has 3 heteroatoms. The molecule has 1 N–H and O–H groups in total. The number of carbonyl (C=O) groups is 1. The third-order valence-corrected chi connectivity index (χ3v) is 3.47. The van der Waals surface area contributed by atoms with E-state index in [0.29, 0.717) is 12.6 Å². The van der Waals surface area contributed by atoms with Gasteiger partial charge in [-0.05, 0) is 37.3 Å². The van der Waals surface area contributed by atoms with Gasteiger partial charge in [-0.1, -0.05) is 31.2 Å². The topological polar surface area (TPSA) is 38.3 Å². The van der Waals surface area contributed by atoms with Crippen LogP contribution in [0.15, 0.2) is 24.3 Å². The first kappa shape index (κ1) is 13.1. The molecule has 1 aromatic carbocycles. The van der Waals surface area contributed by atoms with Crippen molar-refractivity contribution in [3.8, 4) is 0 Å². The third kappa shape index (κ3) is 2.91. The molecule has 1 aliphatic carbocycles. The number of hydrogen-bond acceptors (Lipinski definition) is 3. The van der Waals surface area contributed by atoms with E-state index >= 15 is 0 Å². The van der Waals surface area contributed by atoms with Crippen LogP contribution in [-0.4, -0.2) is 24.7 Å². The van der Waals surface area contributed by atoms with Crippen molar-refractivity contribution in [1.82, 2.24) is 5.32 Å². The summed E-state index contributed by atoms with van der Waals surface area (Å²) in [6, 6.07) is 8.67. The highest BCUT2D eigenvalue weighted by atomic mass is 16.5. The summed E-state index contributed by atoms with van der Waals surface area (Å²) in [5.41, 5.74) is 2.79. The molecular weight excluding hydrogens is 226 g/mol. The summed E-state index contributed by atoms with van der Waals surface area (Å²) in [7, 11) is 0. The Balaban J connectivity index is 1.93. The molecule has 98 valence electrons. The molecule has 0 fully saturated rings. The maximum absolute atomic E-state index is 11.8. The average molecular weight is 247 g/mol. The minimum Gasteiger partial charge on any atom is -0.465 e. The summed E-state index contributed by atoms with van der Waals surface area (Å²) in [6.45, 7) is 4.30. The molecule has 0 aliphatic heterocycles. The quantitative estimate of drug-likeness (QED) is 0.810. The minimum absolute atomic E-state index is 0.129. The normalized spacial score (nSPS) is 16.3. The van der Waals surface area contributed by atoms with Crippen molar-refractivity contribution in [2.24, 2.45) is 0 Å². The van der Waals surface area contributed by atoms with Gasteiger partial charge in [0, 0.05) is 6.04 Å². The van der Waals surface area contributed by atoms with Crippen LogP contribution in [0, 0.1) is 0 Å². The fraction of sp³-hybridized carbons (Fsp3) is 0.533. The fourth-order valence-corrected chi connectivity index (χ4v) is 2.56. The van der Waals surface area contributed by atoms with E-state index in [2.05, 4.69) is 29.6 Å². The summed E-state index contributed by atoms with van der Waals surface area (Å²) in [6.07, 6.45) is 2.78. The van der Waals surface area contributed by atoms with Gasteiger partial charge in [0.05, 0.1) is 6.61 Å². The number of esters is 1. The zero-order valence-electron chi connectivity index (χ0n) is 11.1. The molecule has 0 saturated carbocycles. The van der Waals surface area contributed by atoms with Gasteiger partial charge in [0.2, 0.25) is 0 Å². The maximum atomic E-state index is 11.8. The van der Waals surface area contributed by atoms with Crippen molar-refractivity contribution in [2.75, 3.05) is 6.61 Å². The van der Waals surface area contributed by atoms with Crippen molar-refractivity contribution in [2.45, 2.75) is 45.2 Å². The van der Waals surface area contributed by atoms with Gasteiger partial charge in [-0.25, -0.2) is 0 Å². The molecule has 1 atom stereocenters. The molecule has 0 spiro atoms. The second-order valence-corrected chi connectivity index (χ2v) is 4.75. The van der Waals surface area contributed by atoms with Crippen LogP contribution in [0.2, 0.25) is 0 Å². The zero-order chi connectivity index (χ0) is 13.0. The Bertz CT molecular complexity index is 392. The van der Waals surface area contributed by atoms with Gasteiger partial charge in [0.1, 0.15) is 6.04 Å². The molecule has 0 amide bonds. The van der Waals surface area contributed by atoms with Gasteiger partial charge in [0.25, 0.3) is 0 Å². The lowest BCUT2D eigenvalue weighted by Gasteiger charge is -2.20. The molecule has 0 saturated heterocycles. The zero-order valence-corrected chi connectivity index (χ0v) is 11.1. The van der Waals surface area contributed by atoms with Gasteiger partial charge in [-0.15, -0.1) is 0 Å². The first-order chi connectivity index (χ1) is 8.74. The lowest BCUT2D eigenvalue weighted by Crippen LogP contribution is -2.44. The van der Waals surface area contributed by atoms with Crippen LogP contribution >= 0.6 is 0 Å². The van der Waals surface area contributed by atoms with Crippen LogP contribution in [0.25, 0.3) is 0 Å². The van der Waals surface area contributed by atoms with Gasteiger partial charge in [-0.2, -0.15) is 0 Å². The molecule has 18 heavy (non-hydrogen) atoms. The van der Waals surface area contributed by atoms with Crippen LogP contribution in [-0.2, 0) is 22.4 Å². The minimum atomic E-state index is -0.177. The van der Waals surface area contributed by atoms with Gasteiger partial charge < -0.3 is 10.1 Å². The van der Waals surface area contributed by atoms with Crippen molar-refractivity contribution >= 4 is 5.97 Å². The Kier molecular flexibility index (Phi) is 4.37. The summed E-state index contributed by atoms with van der Waals surface area (Å²) in [4.78, 5) is 11.8. The molecule has 0 radical (unpaired) electrons. The van der Waals surface area contributed by atoms with Crippen LogP contribution in [0.4, 0.5) is 0 Å². The van der Waals surface area contributed by atoms with Crippen molar-refractivity contribution in [3.05, 3.63) is 35.4 Å². The Morgan fingerprint density at radius 3 is 2.44 bits per heavy atom. The predicted molar refractivity (Wildman–Crippen MR) is 71.5 cm³/mol. The highest BCUT2D eigenvalue weighted by molar-refractivity contribution is 5.75. The summed E-state index contributed by atoms with van der Waals surface area (Å²) >= 11 is 0. The highest BCUT2D eigenvalue weighted by Gasteiger charge is 2.26. The average Bonchev–Trinajstić information content (AvgIpc) is 2.78. The predicted octanol–water partition coefficient (Wildman–Crippen LogP) is 2.09. The first-order valence-electron chi connectivity index (χ1n) is 6.74. The number of rotatable bonds is 5. The van der Waals surface area contributed by atoms with Gasteiger partial charge in [-0.3, -0.25) is 4.79 Å². The van der Waals surface area contributed by atoms with E-state index in [0.717, 1.165) is 19.3 Å². The molecular formula is C15H21NO2. The number of nitrogens with one attached hydrogen (secondary N) is 1. The van der Waals surface area contributed by atoms with Crippen LogP contribution in [0.5, 0.6) is 0 Å². The Hall–Kier alpha value is -1.35. The largest absolute Gasteiger partial charge is 0.465 e. The lowest BCUT2D eigenvalue weighted by atomic mass is 10.1. The summed E-state index contributed by atoms with van der Waals surface area (Å²) < 4.78 is 5.08. The van der Waals surface area contributed by atoms with Crippen LogP contribution in [0.1, 0.15) is 31.4 Å². The Morgan fingerprint density at radius 1 is 1.33 bits per heavy atom. The Labute approximate surface area is 109 Å². The first-order valence-corrected chi connectivity index (χ1v) is 6.74. The van der Waals surface area contributed by atoms with Crippen molar-refractivity contribution < 1.29 is 9.53 Å². The summed E-state index contributed by atoms with van der Waals surface area (Å²) in [5.74, 6) is -0.129. The molecule has 3 nitrogen and oxygen atoms in total. The molecule has 2 rings (SSSR count). The number of fused-ring (bicyclic) bond motifs is 1. The third-order valence-electron chi connectivity index (χ3n) is 3.47. The van der Waals surface area contributed by atoms with E-state index < -0.39 is 0 Å². The molecule has 1 aliphatic rings. The highest BCUT2D eigenvalue weighted by Crippen LogP contribution is 2.22. The lowest BCUT2D eigenvalue weighted by molar-refractivity contribution is -0.146. The van der Waals surface area contributed by atoms with E-state index in [1.807, 2.05) is 13.8 Å². The van der Waals surface area contributed by atoms with Crippen LogP contribution < -0.4 is 5.32 Å². The van der Waals surface area contributed by atoms with Crippen molar-refractivity contribution in [3.63, 3.8) is 0 Å². The van der Waals surface area contributed by atoms with E-state index in [4.69, 9.17) is 4.74 Å². The summed E-state index contributed by atoms with van der Waals surface area (Å²) in [5, 5.41) is 3.42. The molecule has 0 bridgehead atoms. The molecule has 1 unspecified atom stereocenters. The van der Waals surface area contributed by atoms with E-state index in [1.165, 1.54) is 11.1 Å². The van der Waals surface area contributed by atoms with Gasteiger partial charge in [0.15, 0.2) is 0 Å². The van der Waals surface area contributed by atoms with E-state index in [9.17, 15) is 4.79 Å². The standard InChI is InChI=1S/C15H21NO2/c1-3-14(15(17)18-4-2)16-13-9-11-7-5-6-8-12(11)10-13/h5-8,13-14,16H,3-4,9-10H2,1-2H3. The molecule has 0 heterocycles. The fourth-order valence-electron chi connectivity index (χ4n) is 2.56. The van der Waals surface area contributed by atoms with Gasteiger partial charge >= 0.3 is 5.97 Å². The smallest absolute Gasteiger partial charge is 0.323 e. The Morgan fingerprint density at radius 2 is 1.94 bits per heavy atom. The number of benzene rings is 1. The number of ether oxygens (including phenoxy) is 1. The number of hydrogen-bond donors (Lipinski definition) is 1. The number of carbonyl (C=O) groups excluding carboxylic acids is 1. The SMILES string of the molecule is CCOC(=O)C(CC)NC1Cc2ccccc2C1.